The number of quaternary nitrogens is 1. The number of ketones is 1. The van der Waals surface area contributed by atoms with Crippen LogP contribution in [0.25, 0.3) is 0 Å². The van der Waals surface area contributed by atoms with Gasteiger partial charge in [0.2, 0.25) is 0 Å². The van der Waals surface area contributed by atoms with Gasteiger partial charge in [-0.2, -0.15) is 0 Å². The summed E-state index contributed by atoms with van der Waals surface area (Å²) in [5, 5.41) is 0. The van der Waals surface area contributed by atoms with Gasteiger partial charge in [0.15, 0.2) is 5.78 Å². The molecule has 1 atom stereocenters. The van der Waals surface area contributed by atoms with Crippen molar-refractivity contribution in [1.29, 1.82) is 0 Å². The van der Waals surface area contributed by atoms with E-state index in [0.717, 1.165) is 26.1 Å². The fourth-order valence-electron chi connectivity index (χ4n) is 3.16. The second-order valence-corrected chi connectivity index (χ2v) is 5.82. The standard InChI is InChI=1S/C19H21NO2.ClH/c1-22-19-9-5-4-8-17(19)18(21)11-13-20-12-10-15-6-2-3-7-16(15)14-20;/h2-9H,10-14H2,1H3;1H. The Hall–Kier alpha value is -1.84. The van der Waals surface area contributed by atoms with Crippen molar-refractivity contribution in [3.63, 3.8) is 0 Å². The van der Waals surface area contributed by atoms with Gasteiger partial charge in [-0.05, 0) is 17.7 Å². The van der Waals surface area contributed by atoms with Gasteiger partial charge in [0.05, 0.1) is 32.2 Å². The third-order valence-corrected chi connectivity index (χ3v) is 4.42. The molecule has 2 aromatic rings. The molecule has 4 heteroatoms. The van der Waals surface area contributed by atoms with E-state index in [2.05, 4.69) is 24.3 Å². The fourth-order valence-corrected chi connectivity index (χ4v) is 3.16. The van der Waals surface area contributed by atoms with Crippen LogP contribution in [-0.4, -0.2) is 26.0 Å². The van der Waals surface area contributed by atoms with Crippen LogP contribution in [0.3, 0.4) is 0 Å². The van der Waals surface area contributed by atoms with Gasteiger partial charge < -0.3 is 22.0 Å². The zero-order valence-corrected chi connectivity index (χ0v) is 14.1. The molecular formula is C19H22ClNO2. The van der Waals surface area contributed by atoms with E-state index in [9.17, 15) is 4.79 Å². The number of hydrogen-bond acceptors (Lipinski definition) is 2. The van der Waals surface area contributed by atoms with E-state index in [1.165, 1.54) is 16.0 Å². The second kappa shape index (κ2) is 8.14. The summed E-state index contributed by atoms with van der Waals surface area (Å²) in [7, 11) is 1.61. The Labute approximate surface area is 143 Å². The maximum atomic E-state index is 12.4. The topological polar surface area (TPSA) is 30.7 Å². The zero-order chi connectivity index (χ0) is 15.4. The molecule has 0 saturated heterocycles. The summed E-state index contributed by atoms with van der Waals surface area (Å²) >= 11 is 0. The van der Waals surface area contributed by atoms with Crippen LogP contribution in [0.15, 0.2) is 48.5 Å². The summed E-state index contributed by atoms with van der Waals surface area (Å²) in [5.41, 5.74) is 3.58. The highest BCUT2D eigenvalue weighted by molar-refractivity contribution is 5.98. The molecule has 3 rings (SSSR count). The summed E-state index contributed by atoms with van der Waals surface area (Å²) in [6, 6.07) is 16.1. The van der Waals surface area contributed by atoms with Gasteiger partial charge in [0, 0.05) is 12.0 Å². The van der Waals surface area contributed by atoms with E-state index in [-0.39, 0.29) is 18.2 Å². The van der Waals surface area contributed by atoms with E-state index in [0.29, 0.717) is 17.7 Å². The lowest BCUT2D eigenvalue weighted by molar-refractivity contribution is -0.915. The highest BCUT2D eigenvalue weighted by Crippen LogP contribution is 2.18. The summed E-state index contributed by atoms with van der Waals surface area (Å²) in [4.78, 5) is 13.9. The molecule has 1 aliphatic rings. The Morgan fingerprint density at radius 3 is 2.57 bits per heavy atom. The minimum Gasteiger partial charge on any atom is -1.00 e. The van der Waals surface area contributed by atoms with Crippen molar-refractivity contribution in [1.82, 2.24) is 0 Å². The number of Topliss-reactive ketones (excluding diaryl/α,β-unsaturated/α-hetero) is 1. The number of ether oxygens (including phenoxy) is 1. The molecule has 1 aliphatic heterocycles. The first kappa shape index (κ1) is 17.5. The molecule has 1 heterocycles. The fraction of sp³-hybridized carbons (Fsp3) is 0.316. The lowest BCUT2D eigenvalue weighted by atomic mass is 9.99. The molecule has 0 bridgehead atoms. The number of halogens is 1. The van der Waals surface area contributed by atoms with Crippen LogP contribution in [0.1, 0.15) is 27.9 Å². The molecular weight excluding hydrogens is 310 g/mol. The molecule has 1 N–H and O–H groups in total. The van der Waals surface area contributed by atoms with Crippen molar-refractivity contribution < 1.29 is 26.8 Å². The second-order valence-electron chi connectivity index (χ2n) is 5.82. The summed E-state index contributed by atoms with van der Waals surface area (Å²) < 4.78 is 5.28. The molecule has 2 aromatic carbocycles. The third kappa shape index (κ3) is 4.12. The van der Waals surface area contributed by atoms with Crippen LogP contribution in [-0.2, 0) is 13.0 Å². The van der Waals surface area contributed by atoms with Gasteiger partial charge in [-0.15, -0.1) is 0 Å². The van der Waals surface area contributed by atoms with Gasteiger partial charge in [0.1, 0.15) is 12.3 Å². The first-order chi connectivity index (χ1) is 10.8. The number of carbonyl (C=O) groups is 1. The lowest BCUT2D eigenvalue weighted by Gasteiger charge is -2.25. The number of hydrogen-bond donors (Lipinski definition) is 1. The maximum absolute atomic E-state index is 12.4. The van der Waals surface area contributed by atoms with E-state index >= 15 is 0 Å². The molecule has 0 radical (unpaired) electrons. The number of fused-ring (bicyclic) bond motifs is 1. The van der Waals surface area contributed by atoms with Crippen LogP contribution in [0.2, 0.25) is 0 Å². The smallest absolute Gasteiger partial charge is 0.172 e. The van der Waals surface area contributed by atoms with E-state index in [1.807, 2.05) is 24.3 Å². The molecule has 0 aromatic heterocycles. The van der Waals surface area contributed by atoms with Crippen LogP contribution >= 0.6 is 0 Å². The molecule has 1 unspecified atom stereocenters. The maximum Gasteiger partial charge on any atom is 0.172 e. The van der Waals surface area contributed by atoms with E-state index < -0.39 is 0 Å². The zero-order valence-electron chi connectivity index (χ0n) is 13.3. The molecule has 3 nitrogen and oxygen atoms in total. The van der Waals surface area contributed by atoms with E-state index in [1.54, 1.807) is 7.11 Å². The van der Waals surface area contributed by atoms with Crippen molar-refractivity contribution in [2.45, 2.75) is 19.4 Å². The number of para-hydroxylation sites is 1. The minimum atomic E-state index is 0. The quantitative estimate of drug-likeness (QED) is 0.706. The Bertz CT molecular complexity index is 672. The Balaban J connectivity index is 0.00000192. The molecule has 23 heavy (non-hydrogen) atoms. The summed E-state index contributed by atoms with van der Waals surface area (Å²) in [6.45, 7) is 3.01. The number of nitrogens with one attached hydrogen (secondary N) is 1. The highest BCUT2D eigenvalue weighted by atomic mass is 35.5. The van der Waals surface area contributed by atoms with Crippen molar-refractivity contribution >= 4 is 5.78 Å². The average molecular weight is 332 g/mol. The summed E-state index contributed by atoms with van der Waals surface area (Å²) in [6.07, 6.45) is 1.67. The van der Waals surface area contributed by atoms with Crippen LogP contribution in [0, 0.1) is 0 Å². The summed E-state index contributed by atoms with van der Waals surface area (Å²) in [5.74, 6) is 0.843. The predicted octanol–water partition coefficient (Wildman–Crippen LogP) is -1.09. The van der Waals surface area contributed by atoms with Crippen molar-refractivity contribution in [3.05, 3.63) is 65.2 Å². The molecule has 122 valence electrons. The van der Waals surface area contributed by atoms with Gasteiger partial charge in [-0.1, -0.05) is 36.4 Å². The van der Waals surface area contributed by atoms with Crippen molar-refractivity contribution in [3.8, 4) is 5.75 Å². The predicted molar refractivity (Wildman–Crippen MR) is 86.5 cm³/mol. The lowest BCUT2D eigenvalue weighted by Crippen LogP contribution is -3.11. The number of methoxy groups -OCH3 is 1. The Morgan fingerprint density at radius 2 is 1.78 bits per heavy atom. The third-order valence-electron chi connectivity index (χ3n) is 4.42. The van der Waals surface area contributed by atoms with E-state index in [4.69, 9.17) is 4.74 Å². The highest BCUT2D eigenvalue weighted by Gasteiger charge is 2.20. The molecule has 0 spiro atoms. The first-order valence-electron chi connectivity index (χ1n) is 7.84. The normalized spacial score (nSPS) is 16.1. The van der Waals surface area contributed by atoms with Crippen molar-refractivity contribution in [2.24, 2.45) is 0 Å². The van der Waals surface area contributed by atoms with Crippen LogP contribution < -0.4 is 22.0 Å². The molecule has 0 saturated carbocycles. The Morgan fingerprint density at radius 1 is 1.09 bits per heavy atom. The van der Waals surface area contributed by atoms with Gasteiger partial charge in [-0.3, -0.25) is 4.79 Å². The largest absolute Gasteiger partial charge is 1.00 e. The first-order valence-corrected chi connectivity index (χ1v) is 7.84. The Kier molecular flexibility index (Phi) is 6.20. The van der Waals surface area contributed by atoms with Gasteiger partial charge in [0.25, 0.3) is 0 Å². The molecule has 0 fully saturated rings. The molecule has 0 aliphatic carbocycles. The van der Waals surface area contributed by atoms with Gasteiger partial charge >= 0.3 is 0 Å². The van der Waals surface area contributed by atoms with Crippen molar-refractivity contribution in [2.75, 3.05) is 20.2 Å². The minimum absolute atomic E-state index is 0. The number of rotatable bonds is 5. The average Bonchev–Trinajstić information content (AvgIpc) is 2.59. The number of benzene rings is 2. The van der Waals surface area contributed by atoms with Crippen LogP contribution in [0.5, 0.6) is 5.75 Å². The number of carbonyl (C=O) groups excluding carboxylic acids is 1. The van der Waals surface area contributed by atoms with Gasteiger partial charge in [-0.25, -0.2) is 0 Å². The monoisotopic (exact) mass is 331 g/mol. The molecule has 0 amide bonds. The van der Waals surface area contributed by atoms with Crippen LogP contribution in [0.4, 0.5) is 0 Å². The SMILES string of the molecule is COc1ccccc1C(=O)CC[NH+]1CCc2ccccc2C1.[Cl-].